The Morgan fingerprint density at radius 2 is 1.95 bits per heavy atom. The molecule has 1 aromatic rings. The number of carbonyl (C=O) groups is 1. The molecule has 1 aromatic carbocycles. The molecule has 1 heterocycles. The number of hydrogen-bond acceptors (Lipinski definition) is 3. The second-order valence-corrected chi connectivity index (χ2v) is 5.86. The molecule has 0 aliphatic carbocycles. The molecule has 1 saturated heterocycles. The van der Waals surface area contributed by atoms with Crippen LogP contribution in [0.25, 0.3) is 0 Å². The molecular formula is C16H23NO3. The van der Waals surface area contributed by atoms with Crippen molar-refractivity contribution in [2.75, 3.05) is 19.7 Å². The predicted octanol–water partition coefficient (Wildman–Crippen LogP) is 2.33. The van der Waals surface area contributed by atoms with E-state index in [1.807, 2.05) is 11.8 Å². The van der Waals surface area contributed by atoms with Crippen LogP contribution in [0.1, 0.15) is 42.1 Å². The Morgan fingerprint density at radius 3 is 2.45 bits per heavy atom. The highest BCUT2D eigenvalue weighted by atomic mass is 16.3. The second-order valence-electron chi connectivity index (χ2n) is 5.86. The van der Waals surface area contributed by atoms with Gasteiger partial charge in [0.25, 0.3) is 5.91 Å². The molecule has 0 unspecified atom stereocenters. The van der Waals surface area contributed by atoms with E-state index in [0.717, 1.165) is 24.8 Å². The Kier molecular flexibility index (Phi) is 4.33. The monoisotopic (exact) mass is 277 g/mol. The van der Waals surface area contributed by atoms with E-state index in [1.54, 1.807) is 12.1 Å². The predicted molar refractivity (Wildman–Crippen MR) is 77.8 cm³/mol. The van der Waals surface area contributed by atoms with Crippen LogP contribution in [0, 0.1) is 12.3 Å². The number of phenols is 1. The normalized spacial score (nSPS) is 18.1. The van der Waals surface area contributed by atoms with Gasteiger partial charge in [-0.1, -0.05) is 6.92 Å². The number of piperidine rings is 1. The average Bonchev–Trinajstić information content (AvgIpc) is 2.45. The van der Waals surface area contributed by atoms with Crippen LogP contribution in [0.2, 0.25) is 0 Å². The van der Waals surface area contributed by atoms with Gasteiger partial charge in [-0.05, 0) is 55.4 Å². The molecule has 2 rings (SSSR count). The maximum absolute atomic E-state index is 12.4. The van der Waals surface area contributed by atoms with Crippen LogP contribution >= 0.6 is 0 Å². The lowest BCUT2D eigenvalue weighted by molar-refractivity contribution is 0.0338. The standard InChI is InChI=1S/C16H23NO3/c1-3-16(11-18)4-6-17(7-5-16)15(20)13-8-12(2)9-14(19)10-13/h8-10,18-19H,3-7,11H2,1-2H3. The van der Waals surface area contributed by atoms with Gasteiger partial charge < -0.3 is 15.1 Å². The number of rotatable bonds is 3. The molecule has 0 spiro atoms. The number of aliphatic hydroxyl groups excluding tert-OH is 1. The number of phenolic OH excluding ortho intramolecular Hbond substituents is 1. The molecule has 0 aromatic heterocycles. The fourth-order valence-electron chi connectivity index (χ4n) is 2.88. The number of aliphatic hydroxyl groups is 1. The lowest BCUT2D eigenvalue weighted by Crippen LogP contribution is -2.44. The molecule has 0 radical (unpaired) electrons. The van der Waals surface area contributed by atoms with Crippen molar-refractivity contribution in [2.45, 2.75) is 33.1 Å². The molecule has 4 heteroatoms. The first-order valence-electron chi connectivity index (χ1n) is 7.20. The second kappa shape index (κ2) is 5.83. The maximum Gasteiger partial charge on any atom is 0.253 e. The van der Waals surface area contributed by atoms with Gasteiger partial charge in [0.1, 0.15) is 5.75 Å². The number of likely N-dealkylation sites (tertiary alicyclic amines) is 1. The average molecular weight is 277 g/mol. The van der Waals surface area contributed by atoms with Gasteiger partial charge in [0.2, 0.25) is 0 Å². The molecule has 0 atom stereocenters. The Bertz CT molecular complexity index is 464. The Morgan fingerprint density at radius 1 is 1.30 bits per heavy atom. The summed E-state index contributed by atoms with van der Waals surface area (Å²) in [7, 11) is 0. The first kappa shape index (κ1) is 14.9. The lowest BCUT2D eigenvalue weighted by atomic mass is 9.77. The summed E-state index contributed by atoms with van der Waals surface area (Å²) < 4.78 is 0. The van der Waals surface area contributed by atoms with E-state index in [0.29, 0.717) is 18.7 Å². The molecule has 0 bridgehead atoms. The third-order valence-corrected chi connectivity index (χ3v) is 4.51. The van der Waals surface area contributed by atoms with Crippen LogP contribution in [0.15, 0.2) is 18.2 Å². The van der Waals surface area contributed by atoms with Crippen LogP contribution in [-0.2, 0) is 0 Å². The van der Waals surface area contributed by atoms with Crippen molar-refractivity contribution in [3.63, 3.8) is 0 Å². The summed E-state index contributed by atoms with van der Waals surface area (Å²) in [5.74, 6) is 0.0928. The van der Waals surface area contributed by atoms with Crippen LogP contribution in [0.4, 0.5) is 0 Å². The SMILES string of the molecule is CCC1(CO)CCN(C(=O)c2cc(C)cc(O)c2)CC1. The minimum absolute atomic E-state index is 0.0223. The summed E-state index contributed by atoms with van der Waals surface area (Å²) in [6, 6.07) is 4.96. The highest BCUT2D eigenvalue weighted by Gasteiger charge is 2.34. The number of amides is 1. The van der Waals surface area contributed by atoms with Crippen molar-refractivity contribution in [1.29, 1.82) is 0 Å². The lowest BCUT2D eigenvalue weighted by Gasteiger charge is -2.40. The van der Waals surface area contributed by atoms with E-state index in [4.69, 9.17) is 0 Å². The van der Waals surface area contributed by atoms with Crippen molar-refractivity contribution in [1.82, 2.24) is 4.90 Å². The van der Waals surface area contributed by atoms with Gasteiger partial charge in [-0.15, -0.1) is 0 Å². The summed E-state index contributed by atoms with van der Waals surface area (Å²) in [6.45, 7) is 5.48. The van der Waals surface area contributed by atoms with Crippen molar-refractivity contribution in [2.24, 2.45) is 5.41 Å². The van der Waals surface area contributed by atoms with Crippen molar-refractivity contribution < 1.29 is 15.0 Å². The summed E-state index contributed by atoms with van der Waals surface area (Å²) in [5, 5.41) is 19.1. The van der Waals surface area contributed by atoms with Crippen LogP contribution in [-0.4, -0.2) is 40.7 Å². The van der Waals surface area contributed by atoms with Gasteiger partial charge in [0.15, 0.2) is 0 Å². The quantitative estimate of drug-likeness (QED) is 0.891. The molecule has 1 aliphatic rings. The van der Waals surface area contributed by atoms with Crippen LogP contribution in [0.3, 0.4) is 0 Å². The van der Waals surface area contributed by atoms with E-state index in [2.05, 4.69) is 6.92 Å². The molecule has 0 saturated carbocycles. The van der Waals surface area contributed by atoms with Gasteiger partial charge in [-0.2, -0.15) is 0 Å². The van der Waals surface area contributed by atoms with Crippen molar-refractivity contribution in [3.05, 3.63) is 29.3 Å². The molecular weight excluding hydrogens is 254 g/mol. The fraction of sp³-hybridized carbons (Fsp3) is 0.562. The summed E-state index contributed by atoms with van der Waals surface area (Å²) in [6.07, 6.45) is 2.61. The number of aromatic hydroxyl groups is 1. The molecule has 2 N–H and O–H groups in total. The Balaban J connectivity index is 2.08. The summed E-state index contributed by atoms with van der Waals surface area (Å²) in [5.41, 5.74) is 1.39. The van der Waals surface area contributed by atoms with E-state index in [-0.39, 0.29) is 23.7 Å². The van der Waals surface area contributed by atoms with Gasteiger partial charge >= 0.3 is 0 Å². The zero-order chi connectivity index (χ0) is 14.8. The van der Waals surface area contributed by atoms with Crippen molar-refractivity contribution >= 4 is 5.91 Å². The third kappa shape index (κ3) is 2.96. The molecule has 20 heavy (non-hydrogen) atoms. The van der Waals surface area contributed by atoms with Crippen LogP contribution in [0.5, 0.6) is 5.75 Å². The zero-order valence-electron chi connectivity index (χ0n) is 12.2. The number of hydrogen-bond donors (Lipinski definition) is 2. The van der Waals surface area contributed by atoms with Crippen LogP contribution < -0.4 is 0 Å². The molecule has 1 aliphatic heterocycles. The number of benzene rings is 1. The fourth-order valence-corrected chi connectivity index (χ4v) is 2.88. The minimum Gasteiger partial charge on any atom is -0.508 e. The first-order chi connectivity index (χ1) is 9.49. The van der Waals surface area contributed by atoms with Gasteiger partial charge in [-0.3, -0.25) is 4.79 Å². The highest BCUT2D eigenvalue weighted by molar-refractivity contribution is 5.94. The molecule has 4 nitrogen and oxygen atoms in total. The van der Waals surface area contributed by atoms with E-state index in [1.165, 1.54) is 6.07 Å². The number of aryl methyl sites for hydroxylation is 1. The Hall–Kier alpha value is -1.55. The third-order valence-electron chi connectivity index (χ3n) is 4.51. The van der Waals surface area contributed by atoms with Crippen molar-refractivity contribution in [3.8, 4) is 5.75 Å². The number of nitrogens with zero attached hydrogens (tertiary/aromatic N) is 1. The summed E-state index contributed by atoms with van der Waals surface area (Å²) >= 11 is 0. The molecule has 1 fully saturated rings. The van der Waals surface area contributed by atoms with E-state index >= 15 is 0 Å². The van der Waals surface area contributed by atoms with Gasteiger partial charge in [-0.25, -0.2) is 0 Å². The smallest absolute Gasteiger partial charge is 0.253 e. The summed E-state index contributed by atoms with van der Waals surface area (Å²) in [4.78, 5) is 14.3. The first-order valence-corrected chi connectivity index (χ1v) is 7.20. The maximum atomic E-state index is 12.4. The van der Waals surface area contributed by atoms with E-state index in [9.17, 15) is 15.0 Å². The largest absolute Gasteiger partial charge is 0.508 e. The topological polar surface area (TPSA) is 60.8 Å². The van der Waals surface area contributed by atoms with E-state index < -0.39 is 0 Å². The Labute approximate surface area is 120 Å². The zero-order valence-corrected chi connectivity index (χ0v) is 12.2. The highest BCUT2D eigenvalue weighted by Crippen LogP contribution is 2.34. The number of carbonyl (C=O) groups excluding carboxylic acids is 1. The van der Waals surface area contributed by atoms with Gasteiger partial charge in [0, 0.05) is 25.3 Å². The molecule has 110 valence electrons. The molecule has 1 amide bonds. The van der Waals surface area contributed by atoms with Gasteiger partial charge in [0.05, 0.1) is 0 Å². The minimum atomic E-state index is -0.0355.